The van der Waals surface area contributed by atoms with Crippen LogP contribution in [0.2, 0.25) is 0 Å². The first kappa shape index (κ1) is 7.64. The topological polar surface area (TPSA) is 71.1 Å². The quantitative estimate of drug-likeness (QED) is 0.404. The van der Waals surface area contributed by atoms with Crippen molar-refractivity contribution in [2.75, 3.05) is 0 Å². The third kappa shape index (κ3) is 1.51. The second kappa shape index (κ2) is 2.65. The fourth-order valence-corrected chi connectivity index (χ4v) is 0.781. The lowest BCUT2D eigenvalue weighted by Crippen LogP contribution is -2.38. The predicted molar refractivity (Wildman–Crippen MR) is 39.9 cm³/mol. The number of hydrazine groups is 1. The zero-order chi connectivity index (χ0) is 8.43. The maximum absolute atomic E-state index is 10.2. The van der Waals surface area contributed by atoms with E-state index in [1.54, 1.807) is 13.8 Å². The highest BCUT2D eigenvalue weighted by atomic mass is 16.7. The van der Waals surface area contributed by atoms with Crippen LogP contribution in [0.1, 0.15) is 13.8 Å². The zero-order valence-corrected chi connectivity index (χ0v) is 6.26. The molecule has 0 saturated heterocycles. The van der Waals surface area contributed by atoms with Crippen LogP contribution in [0.3, 0.4) is 0 Å². The highest BCUT2D eigenvalue weighted by Gasteiger charge is 2.22. The Morgan fingerprint density at radius 1 is 1.82 bits per heavy atom. The molecule has 1 rings (SSSR count). The van der Waals surface area contributed by atoms with Crippen LogP contribution in [0.25, 0.3) is 0 Å². The minimum absolute atomic E-state index is 0.456. The summed E-state index contributed by atoms with van der Waals surface area (Å²) in [6.07, 6.45) is 0.718. The molecule has 0 amide bonds. The van der Waals surface area contributed by atoms with Crippen molar-refractivity contribution in [2.45, 2.75) is 20.0 Å². The van der Waals surface area contributed by atoms with Crippen LogP contribution in [0.15, 0.2) is 9.98 Å². The summed E-state index contributed by atoms with van der Waals surface area (Å²) in [5, 5.41) is 10.6. The minimum atomic E-state index is -0.538. The Morgan fingerprint density at radius 3 is 2.91 bits per heavy atom. The molecule has 0 aliphatic carbocycles. The predicted octanol–water partition coefficient (Wildman–Crippen LogP) is 0.286. The second-order valence-corrected chi connectivity index (χ2v) is 2.17. The normalized spacial score (nSPS) is 23.3. The van der Waals surface area contributed by atoms with Crippen LogP contribution in [0.5, 0.6) is 0 Å². The molecule has 60 valence electrons. The van der Waals surface area contributed by atoms with E-state index in [1.165, 1.54) is 6.34 Å². The summed E-state index contributed by atoms with van der Waals surface area (Å²) >= 11 is 0. The lowest BCUT2D eigenvalue weighted by atomic mass is 10.5. The molecule has 0 saturated carbocycles. The molecule has 1 aliphatic heterocycles. The average Bonchev–Trinajstić information content (AvgIpc) is 1.85. The first-order chi connectivity index (χ1) is 5.11. The number of nitro groups is 1. The third-order valence-electron chi connectivity index (χ3n) is 1.31. The van der Waals surface area contributed by atoms with Crippen LogP contribution in [0, 0.1) is 10.1 Å². The van der Waals surface area contributed by atoms with E-state index in [0.717, 1.165) is 5.01 Å². The summed E-state index contributed by atoms with van der Waals surface area (Å²) in [5.74, 6) is 0.565. The van der Waals surface area contributed by atoms with Gasteiger partial charge in [0.15, 0.2) is 17.5 Å². The van der Waals surface area contributed by atoms with Gasteiger partial charge in [0, 0.05) is 0 Å². The molecular weight excluding hydrogens is 148 g/mol. The van der Waals surface area contributed by atoms with E-state index in [1.807, 2.05) is 0 Å². The van der Waals surface area contributed by atoms with E-state index in [2.05, 4.69) is 9.98 Å². The number of rotatable bonds is 1. The number of nitrogens with zero attached hydrogens (tertiary/aromatic N) is 4. The molecule has 1 unspecified atom stereocenters. The fourth-order valence-electron chi connectivity index (χ4n) is 0.781. The molecule has 6 nitrogen and oxygen atoms in total. The zero-order valence-electron chi connectivity index (χ0n) is 6.26. The Morgan fingerprint density at radius 2 is 2.45 bits per heavy atom. The molecule has 1 aliphatic rings. The van der Waals surface area contributed by atoms with E-state index >= 15 is 0 Å². The van der Waals surface area contributed by atoms with Gasteiger partial charge in [-0.2, -0.15) is 0 Å². The summed E-state index contributed by atoms with van der Waals surface area (Å²) in [5.41, 5.74) is 0. The van der Waals surface area contributed by atoms with Gasteiger partial charge in [-0.1, -0.05) is 5.01 Å². The Hall–Kier alpha value is -1.46. The van der Waals surface area contributed by atoms with Gasteiger partial charge in [0.1, 0.15) is 5.84 Å². The standard InChI is InChI=1S/C5H8N4O2/c1-4-6-3-8(9(10)11)5(2)7-4/h3,5H,1-2H3. The van der Waals surface area contributed by atoms with Crippen LogP contribution in [0.4, 0.5) is 0 Å². The SMILES string of the molecule is CC1=NC(C)N([N+](=O)[O-])C=N1. The van der Waals surface area contributed by atoms with Crippen molar-refractivity contribution in [3.63, 3.8) is 0 Å². The van der Waals surface area contributed by atoms with Crippen LogP contribution in [-0.2, 0) is 0 Å². The van der Waals surface area contributed by atoms with Gasteiger partial charge < -0.3 is 0 Å². The highest BCUT2D eigenvalue weighted by Crippen LogP contribution is 2.03. The summed E-state index contributed by atoms with van der Waals surface area (Å²) in [7, 11) is 0. The lowest BCUT2D eigenvalue weighted by Gasteiger charge is -2.16. The van der Waals surface area contributed by atoms with E-state index in [0.29, 0.717) is 5.84 Å². The number of hydrogen-bond acceptors (Lipinski definition) is 4. The number of hydrogen-bond donors (Lipinski definition) is 0. The fraction of sp³-hybridized carbons (Fsp3) is 0.600. The molecule has 0 N–H and O–H groups in total. The molecule has 1 atom stereocenters. The highest BCUT2D eigenvalue weighted by molar-refractivity contribution is 5.88. The largest absolute Gasteiger partial charge is 0.240 e. The molecule has 1 heterocycles. The van der Waals surface area contributed by atoms with Crippen molar-refractivity contribution in [1.29, 1.82) is 0 Å². The van der Waals surface area contributed by atoms with Gasteiger partial charge in [-0.3, -0.25) is 0 Å². The van der Waals surface area contributed by atoms with Crippen molar-refractivity contribution in [2.24, 2.45) is 9.98 Å². The van der Waals surface area contributed by atoms with Gasteiger partial charge in [-0.05, 0) is 13.8 Å². The van der Waals surface area contributed by atoms with Gasteiger partial charge in [-0.25, -0.2) is 20.1 Å². The maximum atomic E-state index is 10.2. The Labute approximate surface area is 63.4 Å². The van der Waals surface area contributed by atoms with Gasteiger partial charge in [0.2, 0.25) is 0 Å². The molecule has 6 heteroatoms. The molecule has 0 fully saturated rings. The summed E-state index contributed by atoms with van der Waals surface area (Å²) in [4.78, 5) is 17.8. The average molecular weight is 156 g/mol. The molecule has 0 aromatic rings. The van der Waals surface area contributed by atoms with E-state index in [4.69, 9.17) is 0 Å². The van der Waals surface area contributed by atoms with Crippen molar-refractivity contribution in [3.8, 4) is 0 Å². The minimum Gasteiger partial charge on any atom is -0.240 e. The van der Waals surface area contributed by atoms with Crippen LogP contribution >= 0.6 is 0 Å². The van der Waals surface area contributed by atoms with Crippen LogP contribution < -0.4 is 0 Å². The lowest BCUT2D eigenvalue weighted by molar-refractivity contribution is -0.634. The van der Waals surface area contributed by atoms with Crippen molar-refractivity contribution in [1.82, 2.24) is 5.01 Å². The maximum Gasteiger partial charge on any atom is 0.184 e. The van der Waals surface area contributed by atoms with Gasteiger partial charge in [-0.15, -0.1) is 0 Å². The molecule has 0 radical (unpaired) electrons. The Bertz CT molecular complexity index is 235. The van der Waals surface area contributed by atoms with E-state index in [-0.39, 0.29) is 0 Å². The molecule has 11 heavy (non-hydrogen) atoms. The molecule has 0 bridgehead atoms. The van der Waals surface area contributed by atoms with Crippen LogP contribution in [-0.4, -0.2) is 28.4 Å². The summed E-state index contributed by atoms with van der Waals surface area (Å²) < 4.78 is 0. The number of aliphatic imine (C=N–C) groups is 2. The Kier molecular flexibility index (Phi) is 1.84. The van der Waals surface area contributed by atoms with Crippen molar-refractivity contribution < 1.29 is 5.03 Å². The monoisotopic (exact) mass is 156 g/mol. The summed E-state index contributed by atoms with van der Waals surface area (Å²) in [6, 6.07) is 0. The van der Waals surface area contributed by atoms with Gasteiger partial charge in [0.25, 0.3) is 0 Å². The molecule has 0 spiro atoms. The molecular formula is C5H8N4O2. The molecule has 0 aromatic carbocycles. The number of amidine groups is 1. The smallest absolute Gasteiger partial charge is 0.184 e. The summed E-state index contributed by atoms with van der Waals surface area (Å²) in [6.45, 7) is 3.34. The van der Waals surface area contributed by atoms with E-state index in [9.17, 15) is 10.1 Å². The van der Waals surface area contributed by atoms with Crippen molar-refractivity contribution >= 4 is 12.2 Å². The first-order valence-electron chi connectivity index (χ1n) is 3.12. The van der Waals surface area contributed by atoms with Crippen molar-refractivity contribution in [3.05, 3.63) is 10.1 Å². The van der Waals surface area contributed by atoms with Gasteiger partial charge in [0.05, 0.1) is 0 Å². The van der Waals surface area contributed by atoms with Gasteiger partial charge >= 0.3 is 0 Å². The molecule has 0 aromatic heterocycles. The Balaban J connectivity index is 2.77. The first-order valence-corrected chi connectivity index (χ1v) is 3.12. The van der Waals surface area contributed by atoms with E-state index < -0.39 is 11.2 Å². The second-order valence-electron chi connectivity index (χ2n) is 2.17. The third-order valence-corrected chi connectivity index (χ3v) is 1.31.